The van der Waals surface area contributed by atoms with Crippen molar-refractivity contribution in [1.82, 2.24) is 19.6 Å². The third-order valence-electron chi connectivity index (χ3n) is 4.46. The largest absolute Gasteiger partial charge is 0.437 e. The molecule has 1 N–H and O–H groups in total. The van der Waals surface area contributed by atoms with Crippen LogP contribution in [0.1, 0.15) is 5.69 Å². The third kappa shape index (κ3) is 4.45. The van der Waals surface area contributed by atoms with E-state index < -0.39 is 23.7 Å². The third-order valence-corrected chi connectivity index (χ3v) is 4.71. The summed E-state index contributed by atoms with van der Waals surface area (Å²) >= 11 is 5.80. The summed E-state index contributed by atoms with van der Waals surface area (Å²) in [6, 6.07) is 16.4. The van der Waals surface area contributed by atoms with Crippen molar-refractivity contribution < 1.29 is 22.7 Å². The van der Waals surface area contributed by atoms with Gasteiger partial charge in [-0.15, -0.1) is 0 Å². The number of carbonyl (C=O) groups excluding carboxylic acids is 1. The summed E-state index contributed by atoms with van der Waals surface area (Å²) in [7, 11) is 1.59. The molecule has 7 nitrogen and oxygen atoms in total. The lowest BCUT2D eigenvalue weighted by Crippen LogP contribution is -2.21. The maximum atomic E-state index is 13.7. The van der Waals surface area contributed by atoms with Crippen LogP contribution in [0.4, 0.5) is 23.8 Å². The van der Waals surface area contributed by atoms with Crippen LogP contribution in [0.5, 0.6) is 5.75 Å². The molecule has 0 fully saturated rings. The second-order valence-corrected chi connectivity index (χ2v) is 7.10. The minimum Gasteiger partial charge on any atom is -0.406 e. The molecule has 0 bridgehead atoms. The Labute approximate surface area is 185 Å². The molecule has 0 aliphatic heterocycles. The predicted octanol–water partition coefficient (Wildman–Crippen LogP) is 5.56. The van der Waals surface area contributed by atoms with Crippen LogP contribution in [0.2, 0.25) is 5.02 Å². The summed E-state index contributed by atoms with van der Waals surface area (Å²) in [4.78, 5) is 12.4. The molecule has 0 aliphatic carbocycles. The van der Waals surface area contributed by atoms with Gasteiger partial charge in [0, 0.05) is 23.7 Å². The molecule has 4 rings (SSSR count). The SMILES string of the molecule is Cn1nc(-c2ccccc2)cc1NC(=O)Oc1cnn(-c2ccc(Cl)cc2)c1C(F)(F)F. The van der Waals surface area contributed by atoms with Crippen LogP contribution in [0.25, 0.3) is 16.9 Å². The Morgan fingerprint density at radius 1 is 1.09 bits per heavy atom. The highest BCUT2D eigenvalue weighted by molar-refractivity contribution is 6.30. The first kappa shape index (κ1) is 21.4. The molecule has 2 aromatic carbocycles. The molecule has 2 heterocycles. The highest BCUT2D eigenvalue weighted by atomic mass is 35.5. The van der Waals surface area contributed by atoms with Gasteiger partial charge in [0.05, 0.1) is 17.6 Å². The van der Waals surface area contributed by atoms with E-state index in [9.17, 15) is 18.0 Å². The number of nitrogens with one attached hydrogen (secondary N) is 1. The summed E-state index contributed by atoms with van der Waals surface area (Å²) < 4.78 is 48.1. The molecule has 0 saturated carbocycles. The summed E-state index contributed by atoms with van der Waals surface area (Å²) in [5.74, 6) is -0.497. The van der Waals surface area contributed by atoms with E-state index >= 15 is 0 Å². The number of halogens is 4. The predicted molar refractivity (Wildman–Crippen MR) is 112 cm³/mol. The van der Waals surface area contributed by atoms with Crippen molar-refractivity contribution in [2.24, 2.45) is 7.05 Å². The molecule has 0 aliphatic rings. The van der Waals surface area contributed by atoms with Crippen LogP contribution in [0, 0.1) is 0 Å². The highest BCUT2D eigenvalue weighted by Gasteiger charge is 2.40. The first-order chi connectivity index (χ1) is 15.2. The van der Waals surface area contributed by atoms with Crippen molar-refractivity contribution in [3.63, 3.8) is 0 Å². The monoisotopic (exact) mass is 461 g/mol. The second kappa shape index (κ2) is 8.39. The Morgan fingerprint density at radius 2 is 1.78 bits per heavy atom. The molecule has 0 saturated heterocycles. The zero-order valence-electron chi connectivity index (χ0n) is 16.5. The van der Waals surface area contributed by atoms with Crippen LogP contribution >= 0.6 is 11.6 Å². The number of carbonyl (C=O) groups is 1. The van der Waals surface area contributed by atoms with Crippen molar-refractivity contribution in [2.75, 3.05) is 5.32 Å². The van der Waals surface area contributed by atoms with Gasteiger partial charge < -0.3 is 4.74 Å². The molecule has 2 aromatic heterocycles. The number of hydrogen-bond donors (Lipinski definition) is 1. The number of anilines is 1. The molecule has 1 amide bonds. The van der Waals surface area contributed by atoms with Crippen LogP contribution < -0.4 is 10.1 Å². The zero-order valence-corrected chi connectivity index (χ0v) is 17.2. The molecule has 0 unspecified atom stereocenters. The average Bonchev–Trinajstić information content (AvgIpc) is 3.33. The van der Waals surface area contributed by atoms with Crippen LogP contribution in [0.15, 0.2) is 66.9 Å². The Hall–Kier alpha value is -3.79. The average molecular weight is 462 g/mol. The normalized spacial score (nSPS) is 11.4. The summed E-state index contributed by atoms with van der Waals surface area (Å²) in [6.45, 7) is 0. The Kier molecular flexibility index (Phi) is 5.62. The molecule has 11 heteroatoms. The second-order valence-electron chi connectivity index (χ2n) is 6.66. The number of amides is 1. The van der Waals surface area contributed by atoms with Gasteiger partial charge in [-0.05, 0) is 24.3 Å². The van der Waals surface area contributed by atoms with Gasteiger partial charge in [0.2, 0.25) is 0 Å². The van der Waals surface area contributed by atoms with Crippen LogP contribution in [-0.2, 0) is 13.2 Å². The van der Waals surface area contributed by atoms with Crippen molar-refractivity contribution >= 4 is 23.5 Å². The molecule has 4 aromatic rings. The topological polar surface area (TPSA) is 74.0 Å². The van der Waals surface area contributed by atoms with Gasteiger partial charge in [-0.2, -0.15) is 23.4 Å². The fraction of sp³-hybridized carbons (Fsp3) is 0.0952. The van der Waals surface area contributed by atoms with Crippen molar-refractivity contribution in [3.05, 3.63) is 77.6 Å². The maximum Gasteiger partial charge on any atom is 0.437 e. The van der Waals surface area contributed by atoms with Gasteiger partial charge in [0.25, 0.3) is 0 Å². The van der Waals surface area contributed by atoms with Crippen molar-refractivity contribution in [3.8, 4) is 22.7 Å². The van der Waals surface area contributed by atoms with Crippen LogP contribution in [-0.4, -0.2) is 25.7 Å². The lowest BCUT2D eigenvalue weighted by molar-refractivity contribution is -0.143. The number of nitrogens with zero attached hydrogens (tertiary/aromatic N) is 4. The number of aromatic nitrogens is 4. The maximum absolute atomic E-state index is 13.7. The number of hydrogen-bond acceptors (Lipinski definition) is 4. The summed E-state index contributed by atoms with van der Waals surface area (Å²) in [5, 5.41) is 10.8. The van der Waals surface area contributed by atoms with Crippen molar-refractivity contribution in [1.29, 1.82) is 0 Å². The molecular weight excluding hydrogens is 447 g/mol. The minimum absolute atomic E-state index is 0.108. The van der Waals surface area contributed by atoms with E-state index in [1.807, 2.05) is 30.3 Å². The van der Waals surface area contributed by atoms with Gasteiger partial charge in [-0.3, -0.25) is 10.00 Å². The highest BCUT2D eigenvalue weighted by Crippen LogP contribution is 2.38. The van der Waals surface area contributed by atoms with Gasteiger partial charge in [0.15, 0.2) is 11.4 Å². The molecule has 0 radical (unpaired) electrons. The molecular formula is C21H15ClF3N5O2. The Morgan fingerprint density at radius 3 is 2.44 bits per heavy atom. The van der Waals surface area contributed by atoms with E-state index in [2.05, 4.69) is 15.5 Å². The van der Waals surface area contributed by atoms with E-state index in [0.29, 0.717) is 15.4 Å². The van der Waals surface area contributed by atoms with E-state index in [0.717, 1.165) is 11.8 Å². The molecule has 164 valence electrons. The van der Waals surface area contributed by atoms with Gasteiger partial charge in [-0.1, -0.05) is 41.9 Å². The fourth-order valence-electron chi connectivity index (χ4n) is 3.01. The van der Waals surface area contributed by atoms with E-state index in [-0.39, 0.29) is 11.5 Å². The smallest absolute Gasteiger partial charge is 0.406 e. The first-order valence-electron chi connectivity index (χ1n) is 9.22. The Balaban J connectivity index is 1.58. The van der Waals surface area contributed by atoms with E-state index in [4.69, 9.17) is 16.3 Å². The first-order valence-corrected chi connectivity index (χ1v) is 9.59. The number of rotatable bonds is 4. The summed E-state index contributed by atoms with van der Waals surface area (Å²) in [5.41, 5.74) is 0.268. The number of alkyl halides is 3. The van der Waals surface area contributed by atoms with Crippen LogP contribution in [0.3, 0.4) is 0 Å². The van der Waals surface area contributed by atoms with Gasteiger partial charge in [-0.25, -0.2) is 9.48 Å². The standard InChI is InChI=1S/C21H15ClF3N5O2/c1-29-18(11-16(28-29)13-5-3-2-4-6-13)27-20(31)32-17-12-26-30(19(17)21(23,24)25)15-9-7-14(22)8-10-15/h2-12H,1H3,(H,27,31). The molecule has 32 heavy (non-hydrogen) atoms. The lowest BCUT2D eigenvalue weighted by atomic mass is 10.2. The van der Waals surface area contributed by atoms with E-state index in [1.165, 1.54) is 28.9 Å². The van der Waals surface area contributed by atoms with Gasteiger partial charge >= 0.3 is 12.3 Å². The lowest BCUT2D eigenvalue weighted by Gasteiger charge is -2.13. The number of benzene rings is 2. The molecule has 0 atom stereocenters. The zero-order chi connectivity index (χ0) is 22.9. The number of ether oxygens (including phenoxy) is 1. The fourth-order valence-corrected chi connectivity index (χ4v) is 3.14. The number of aryl methyl sites for hydroxylation is 1. The Bertz CT molecular complexity index is 1250. The van der Waals surface area contributed by atoms with E-state index in [1.54, 1.807) is 13.1 Å². The quantitative estimate of drug-likeness (QED) is 0.432. The minimum atomic E-state index is -4.83. The van der Waals surface area contributed by atoms with Gasteiger partial charge in [0.1, 0.15) is 5.82 Å². The van der Waals surface area contributed by atoms with Crippen molar-refractivity contribution in [2.45, 2.75) is 6.18 Å². The molecule has 0 spiro atoms. The summed E-state index contributed by atoms with van der Waals surface area (Å²) in [6.07, 6.45) is -5.12.